The third-order valence-corrected chi connectivity index (χ3v) is 8.38. The summed E-state index contributed by atoms with van der Waals surface area (Å²) >= 11 is 1.48. The van der Waals surface area contributed by atoms with E-state index in [2.05, 4.69) is 16.4 Å². The van der Waals surface area contributed by atoms with Gasteiger partial charge in [-0.25, -0.2) is 13.4 Å². The van der Waals surface area contributed by atoms with Crippen molar-refractivity contribution >= 4 is 42.6 Å². The lowest BCUT2D eigenvalue weighted by Crippen LogP contribution is -2.40. The van der Waals surface area contributed by atoms with Gasteiger partial charge in [0.05, 0.1) is 28.3 Å². The van der Waals surface area contributed by atoms with Crippen LogP contribution in [0.4, 0.5) is 5.13 Å². The van der Waals surface area contributed by atoms with Gasteiger partial charge in [-0.2, -0.15) is 4.31 Å². The quantitative estimate of drug-likeness (QED) is 0.609. The van der Waals surface area contributed by atoms with E-state index in [1.807, 2.05) is 19.9 Å². The average molecular weight is 460 g/mol. The fraction of sp³-hybridized carbons (Fsp3) is 0.364. The summed E-state index contributed by atoms with van der Waals surface area (Å²) in [4.78, 5) is 17.2. The Labute approximate surface area is 186 Å². The molecule has 7 nitrogen and oxygen atoms in total. The van der Waals surface area contributed by atoms with Crippen molar-refractivity contribution in [2.75, 3.05) is 31.6 Å². The first-order valence-corrected chi connectivity index (χ1v) is 12.4. The van der Waals surface area contributed by atoms with E-state index in [0.29, 0.717) is 44.3 Å². The molecule has 1 fully saturated rings. The van der Waals surface area contributed by atoms with Gasteiger partial charge < -0.3 is 10.1 Å². The third kappa shape index (κ3) is 4.79. The monoisotopic (exact) mass is 459 g/mol. The van der Waals surface area contributed by atoms with Crippen LogP contribution in [0.1, 0.15) is 23.1 Å². The maximum Gasteiger partial charge on any atom is 0.243 e. The fourth-order valence-electron chi connectivity index (χ4n) is 3.52. The standard InChI is InChI=1S/C22H25N3O4S2/c1-15-3-4-16(2)21-20(15)24-22(30-21)23-19(26)10-7-17-5-8-18(9-6-17)31(27,28)25-11-13-29-14-12-25/h3-6,8-9H,7,10-14H2,1-2H3,(H,23,24,26). The van der Waals surface area contributed by atoms with Crippen LogP contribution in [-0.2, 0) is 26.0 Å². The van der Waals surface area contributed by atoms with Gasteiger partial charge in [-0.15, -0.1) is 0 Å². The van der Waals surface area contributed by atoms with Crippen molar-refractivity contribution in [1.82, 2.24) is 9.29 Å². The molecule has 2 aromatic carbocycles. The predicted molar refractivity (Wildman–Crippen MR) is 122 cm³/mol. The molecule has 1 aliphatic heterocycles. The van der Waals surface area contributed by atoms with E-state index < -0.39 is 10.0 Å². The van der Waals surface area contributed by atoms with E-state index in [4.69, 9.17) is 4.74 Å². The number of rotatable bonds is 6. The number of aryl methyl sites for hydroxylation is 3. The molecule has 1 aromatic heterocycles. The van der Waals surface area contributed by atoms with Crippen molar-refractivity contribution in [3.8, 4) is 0 Å². The molecule has 3 aromatic rings. The number of carbonyl (C=O) groups is 1. The second-order valence-corrected chi connectivity index (χ2v) is 10.5. The van der Waals surface area contributed by atoms with Crippen LogP contribution in [0.25, 0.3) is 10.2 Å². The molecular weight excluding hydrogens is 434 g/mol. The SMILES string of the molecule is Cc1ccc(C)c2sc(NC(=O)CCc3ccc(S(=O)(=O)N4CCOCC4)cc3)nc12. The Hall–Kier alpha value is -2.33. The topological polar surface area (TPSA) is 88.6 Å². The molecule has 0 aliphatic carbocycles. The van der Waals surface area contributed by atoms with E-state index in [1.165, 1.54) is 15.6 Å². The van der Waals surface area contributed by atoms with E-state index in [1.54, 1.807) is 24.3 Å². The number of carbonyl (C=O) groups excluding carboxylic acids is 1. The zero-order chi connectivity index (χ0) is 22.0. The number of anilines is 1. The molecule has 0 spiro atoms. The second-order valence-electron chi connectivity index (χ2n) is 7.60. The average Bonchev–Trinajstić information content (AvgIpc) is 3.21. The minimum absolute atomic E-state index is 0.112. The highest BCUT2D eigenvalue weighted by molar-refractivity contribution is 7.89. The number of morpholine rings is 1. The predicted octanol–water partition coefficient (Wildman–Crippen LogP) is 3.51. The summed E-state index contributed by atoms with van der Waals surface area (Å²) < 4.78 is 33.1. The third-order valence-electron chi connectivity index (χ3n) is 5.36. The summed E-state index contributed by atoms with van der Waals surface area (Å²) in [6, 6.07) is 10.8. The van der Waals surface area contributed by atoms with Gasteiger partial charge in [0.15, 0.2) is 5.13 Å². The number of nitrogens with zero attached hydrogens (tertiary/aromatic N) is 2. The van der Waals surface area contributed by atoms with Crippen LogP contribution in [0.5, 0.6) is 0 Å². The van der Waals surface area contributed by atoms with Crippen molar-refractivity contribution in [3.63, 3.8) is 0 Å². The highest BCUT2D eigenvalue weighted by Crippen LogP contribution is 2.31. The lowest BCUT2D eigenvalue weighted by molar-refractivity contribution is -0.116. The summed E-state index contributed by atoms with van der Waals surface area (Å²) in [7, 11) is -3.50. The van der Waals surface area contributed by atoms with Crippen LogP contribution in [0.15, 0.2) is 41.3 Å². The fourth-order valence-corrected chi connectivity index (χ4v) is 5.95. The minimum atomic E-state index is -3.50. The number of fused-ring (bicyclic) bond motifs is 1. The summed E-state index contributed by atoms with van der Waals surface area (Å²) in [5, 5.41) is 3.49. The molecule has 9 heteroatoms. The van der Waals surface area contributed by atoms with Gasteiger partial charge in [0, 0.05) is 19.5 Å². The van der Waals surface area contributed by atoms with Crippen molar-refractivity contribution in [1.29, 1.82) is 0 Å². The zero-order valence-electron chi connectivity index (χ0n) is 17.6. The summed E-state index contributed by atoms with van der Waals surface area (Å²) in [6.45, 7) is 5.62. The number of amides is 1. The number of aromatic nitrogens is 1. The van der Waals surface area contributed by atoms with E-state index in [9.17, 15) is 13.2 Å². The van der Waals surface area contributed by atoms with Gasteiger partial charge in [-0.05, 0) is 49.1 Å². The van der Waals surface area contributed by atoms with Crippen LogP contribution in [-0.4, -0.2) is 49.9 Å². The smallest absolute Gasteiger partial charge is 0.243 e. The highest BCUT2D eigenvalue weighted by atomic mass is 32.2. The summed E-state index contributed by atoms with van der Waals surface area (Å²) in [5.41, 5.74) is 4.07. The van der Waals surface area contributed by atoms with Gasteiger partial charge in [0.2, 0.25) is 15.9 Å². The molecule has 4 rings (SSSR count). The summed E-state index contributed by atoms with van der Waals surface area (Å²) in [6.07, 6.45) is 0.816. The second kappa shape index (κ2) is 9.04. The molecule has 1 amide bonds. The first kappa shape index (κ1) is 21.9. The van der Waals surface area contributed by atoms with Gasteiger partial charge in [-0.1, -0.05) is 35.6 Å². The number of benzene rings is 2. The van der Waals surface area contributed by atoms with Crippen LogP contribution in [0, 0.1) is 13.8 Å². The molecule has 0 unspecified atom stereocenters. The van der Waals surface area contributed by atoms with Crippen molar-refractivity contribution in [2.24, 2.45) is 0 Å². The molecule has 0 bridgehead atoms. The molecule has 1 N–H and O–H groups in total. The molecule has 164 valence electrons. The molecular formula is C22H25N3O4S2. The lowest BCUT2D eigenvalue weighted by Gasteiger charge is -2.26. The lowest BCUT2D eigenvalue weighted by atomic mass is 10.1. The number of thiazole rings is 1. The molecule has 0 saturated carbocycles. The van der Waals surface area contributed by atoms with Gasteiger partial charge in [-0.3, -0.25) is 4.79 Å². The van der Waals surface area contributed by atoms with Crippen LogP contribution in [0.2, 0.25) is 0 Å². The Morgan fingerprint density at radius 2 is 1.77 bits per heavy atom. The Balaban J connectivity index is 1.36. The highest BCUT2D eigenvalue weighted by Gasteiger charge is 2.26. The van der Waals surface area contributed by atoms with Gasteiger partial charge in [0.25, 0.3) is 0 Å². The van der Waals surface area contributed by atoms with Crippen LogP contribution in [0.3, 0.4) is 0 Å². The van der Waals surface area contributed by atoms with Crippen molar-refractivity contribution in [3.05, 3.63) is 53.1 Å². The summed E-state index contributed by atoms with van der Waals surface area (Å²) in [5.74, 6) is -0.112. The normalized spacial score (nSPS) is 15.3. The van der Waals surface area contributed by atoms with E-state index in [-0.39, 0.29) is 10.8 Å². The molecule has 31 heavy (non-hydrogen) atoms. The number of hydrogen-bond acceptors (Lipinski definition) is 6. The number of nitrogens with one attached hydrogen (secondary N) is 1. The first-order chi connectivity index (χ1) is 14.8. The molecule has 1 saturated heterocycles. The largest absolute Gasteiger partial charge is 0.379 e. The van der Waals surface area contributed by atoms with Crippen molar-refractivity contribution in [2.45, 2.75) is 31.6 Å². The Morgan fingerprint density at radius 3 is 2.45 bits per heavy atom. The Bertz CT molecular complexity index is 1160. The van der Waals surface area contributed by atoms with Crippen LogP contribution < -0.4 is 5.32 Å². The molecule has 0 radical (unpaired) electrons. The molecule has 1 aliphatic rings. The number of hydrogen-bond donors (Lipinski definition) is 1. The van der Waals surface area contributed by atoms with Crippen molar-refractivity contribution < 1.29 is 17.9 Å². The maximum atomic E-state index is 12.7. The number of sulfonamides is 1. The van der Waals surface area contributed by atoms with Gasteiger partial charge in [0.1, 0.15) is 0 Å². The van der Waals surface area contributed by atoms with E-state index in [0.717, 1.165) is 26.9 Å². The number of ether oxygens (including phenoxy) is 1. The first-order valence-electron chi connectivity index (χ1n) is 10.2. The van der Waals surface area contributed by atoms with Gasteiger partial charge >= 0.3 is 0 Å². The molecule has 2 heterocycles. The van der Waals surface area contributed by atoms with Crippen LogP contribution >= 0.6 is 11.3 Å². The Morgan fingerprint density at radius 1 is 1.10 bits per heavy atom. The minimum Gasteiger partial charge on any atom is -0.379 e. The molecule has 0 atom stereocenters. The maximum absolute atomic E-state index is 12.7. The Kier molecular flexibility index (Phi) is 6.38. The van der Waals surface area contributed by atoms with E-state index >= 15 is 0 Å². The zero-order valence-corrected chi connectivity index (χ0v) is 19.2.